The highest BCUT2D eigenvalue weighted by molar-refractivity contribution is 7.99. The molecular formula is C17H19N5O2S. The SMILES string of the molecule is Cc1nnc(SCC(=O)N2CC=C(c3ccccc3)CC2)n(N)c1=O. The van der Waals surface area contributed by atoms with Crippen molar-refractivity contribution >= 4 is 23.2 Å². The molecule has 0 atom stereocenters. The Morgan fingerprint density at radius 1 is 1.28 bits per heavy atom. The molecule has 1 aromatic heterocycles. The van der Waals surface area contributed by atoms with Crippen LogP contribution in [0.25, 0.3) is 5.57 Å². The number of aryl methyl sites for hydroxylation is 1. The van der Waals surface area contributed by atoms with E-state index in [2.05, 4.69) is 28.4 Å². The van der Waals surface area contributed by atoms with E-state index >= 15 is 0 Å². The molecule has 0 saturated carbocycles. The number of rotatable bonds is 4. The topological polar surface area (TPSA) is 94.1 Å². The smallest absolute Gasteiger partial charge is 0.294 e. The number of carbonyl (C=O) groups excluding carboxylic acids is 1. The molecule has 8 heteroatoms. The number of nitrogen functional groups attached to an aromatic ring is 1. The van der Waals surface area contributed by atoms with Gasteiger partial charge in [0.25, 0.3) is 5.56 Å². The molecule has 0 aliphatic carbocycles. The Bertz CT molecular complexity index is 863. The molecule has 0 fully saturated rings. The van der Waals surface area contributed by atoms with E-state index in [1.807, 2.05) is 18.2 Å². The van der Waals surface area contributed by atoms with Gasteiger partial charge >= 0.3 is 0 Å². The van der Waals surface area contributed by atoms with Crippen molar-refractivity contribution in [2.75, 3.05) is 24.7 Å². The van der Waals surface area contributed by atoms with E-state index in [1.54, 1.807) is 11.8 Å². The molecule has 2 heterocycles. The minimum Gasteiger partial charge on any atom is -0.338 e. The van der Waals surface area contributed by atoms with Crippen LogP contribution in [0.4, 0.5) is 0 Å². The van der Waals surface area contributed by atoms with Crippen LogP contribution in [-0.4, -0.2) is 44.5 Å². The number of hydrogen-bond acceptors (Lipinski definition) is 6. The summed E-state index contributed by atoms with van der Waals surface area (Å²) in [7, 11) is 0. The van der Waals surface area contributed by atoms with Crippen molar-refractivity contribution in [1.82, 2.24) is 19.8 Å². The molecule has 2 aromatic rings. The van der Waals surface area contributed by atoms with Crippen molar-refractivity contribution in [3.05, 3.63) is 58.0 Å². The third-order valence-corrected chi connectivity index (χ3v) is 4.98. The summed E-state index contributed by atoms with van der Waals surface area (Å²) in [6.45, 7) is 2.80. The predicted molar refractivity (Wildman–Crippen MR) is 97.5 cm³/mol. The molecule has 0 spiro atoms. The maximum absolute atomic E-state index is 12.4. The van der Waals surface area contributed by atoms with E-state index in [-0.39, 0.29) is 22.5 Å². The van der Waals surface area contributed by atoms with Crippen LogP contribution in [0, 0.1) is 6.92 Å². The fourth-order valence-corrected chi connectivity index (χ4v) is 3.35. The Morgan fingerprint density at radius 3 is 2.72 bits per heavy atom. The van der Waals surface area contributed by atoms with Gasteiger partial charge in [0.1, 0.15) is 5.69 Å². The van der Waals surface area contributed by atoms with Crippen LogP contribution < -0.4 is 11.4 Å². The molecule has 0 radical (unpaired) electrons. The standard InChI is InChI=1S/C17H19N5O2S/c1-12-16(24)22(18)17(20-19-12)25-11-15(23)21-9-7-14(8-10-21)13-5-3-2-4-6-13/h2-7H,8-11,18H2,1H3. The first-order valence-corrected chi connectivity index (χ1v) is 8.91. The highest BCUT2D eigenvalue weighted by atomic mass is 32.2. The van der Waals surface area contributed by atoms with Gasteiger partial charge in [0.2, 0.25) is 11.1 Å². The second-order valence-electron chi connectivity index (χ2n) is 5.72. The zero-order chi connectivity index (χ0) is 17.8. The van der Waals surface area contributed by atoms with Gasteiger partial charge in [-0.2, -0.15) is 4.68 Å². The average Bonchev–Trinajstić information content (AvgIpc) is 2.66. The molecule has 7 nitrogen and oxygen atoms in total. The number of thioether (sulfide) groups is 1. The molecule has 130 valence electrons. The lowest BCUT2D eigenvalue weighted by atomic mass is 10.00. The zero-order valence-corrected chi connectivity index (χ0v) is 14.7. The first-order valence-electron chi connectivity index (χ1n) is 7.92. The minimum absolute atomic E-state index is 0.0109. The van der Waals surface area contributed by atoms with Gasteiger partial charge in [-0.15, -0.1) is 10.2 Å². The van der Waals surface area contributed by atoms with Crippen molar-refractivity contribution in [3.63, 3.8) is 0 Å². The van der Waals surface area contributed by atoms with E-state index in [9.17, 15) is 9.59 Å². The summed E-state index contributed by atoms with van der Waals surface area (Å²) in [5.41, 5.74) is 2.29. The van der Waals surface area contributed by atoms with Crippen LogP contribution in [0.1, 0.15) is 17.7 Å². The summed E-state index contributed by atoms with van der Waals surface area (Å²) in [5.74, 6) is 5.84. The monoisotopic (exact) mass is 357 g/mol. The van der Waals surface area contributed by atoms with Crippen molar-refractivity contribution in [3.8, 4) is 0 Å². The molecular weight excluding hydrogens is 338 g/mol. The van der Waals surface area contributed by atoms with Crippen LogP contribution in [0.5, 0.6) is 0 Å². The Hall–Kier alpha value is -2.61. The van der Waals surface area contributed by atoms with Crippen LogP contribution >= 0.6 is 11.8 Å². The van der Waals surface area contributed by atoms with Gasteiger partial charge in [-0.05, 0) is 24.5 Å². The number of amides is 1. The van der Waals surface area contributed by atoms with E-state index in [0.717, 1.165) is 22.9 Å². The first kappa shape index (κ1) is 17.2. The average molecular weight is 357 g/mol. The number of hydrogen-bond donors (Lipinski definition) is 1. The molecule has 3 rings (SSSR count). The third kappa shape index (κ3) is 3.90. The lowest BCUT2D eigenvalue weighted by Gasteiger charge is -2.26. The summed E-state index contributed by atoms with van der Waals surface area (Å²) in [6.07, 6.45) is 2.91. The van der Waals surface area contributed by atoms with Crippen molar-refractivity contribution in [1.29, 1.82) is 0 Å². The lowest BCUT2D eigenvalue weighted by Crippen LogP contribution is -2.36. The molecule has 0 bridgehead atoms. The molecule has 0 unspecified atom stereocenters. The molecule has 1 amide bonds. The Labute approximate surface area is 149 Å². The highest BCUT2D eigenvalue weighted by Gasteiger charge is 2.19. The molecule has 0 saturated heterocycles. The third-order valence-electron chi connectivity index (χ3n) is 4.05. The normalized spacial score (nSPS) is 14.3. The van der Waals surface area contributed by atoms with Crippen molar-refractivity contribution in [2.24, 2.45) is 0 Å². The number of nitrogens with two attached hydrogens (primary N) is 1. The molecule has 2 N–H and O–H groups in total. The number of aromatic nitrogens is 3. The summed E-state index contributed by atoms with van der Waals surface area (Å²) >= 11 is 1.12. The van der Waals surface area contributed by atoms with Crippen LogP contribution in [-0.2, 0) is 4.79 Å². The molecule has 1 aromatic carbocycles. The zero-order valence-electron chi connectivity index (χ0n) is 13.9. The van der Waals surface area contributed by atoms with Gasteiger partial charge < -0.3 is 10.7 Å². The lowest BCUT2D eigenvalue weighted by molar-refractivity contribution is -0.127. The summed E-state index contributed by atoms with van der Waals surface area (Å²) in [4.78, 5) is 25.9. The van der Waals surface area contributed by atoms with Crippen molar-refractivity contribution < 1.29 is 4.79 Å². The molecule has 1 aliphatic rings. The largest absolute Gasteiger partial charge is 0.338 e. The Balaban J connectivity index is 1.59. The maximum atomic E-state index is 12.4. The maximum Gasteiger partial charge on any atom is 0.294 e. The van der Waals surface area contributed by atoms with Crippen molar-refractivity contribution in [2.45, 2.75) is 18.5 Å². The number of benzene rings is 1. The minimum atomic E-state index is -0.404. The predicted octanol–water partition coefficient (Wildman–Crippen LogP) is 1.07. The second-order valence-corrected chi connectivity index (χ2v) is 6.66. The van der Waals surface area contributed by atoms with Gasteiger partial charge in [0.15, 0.2) is 0 Å². The van der Waals surface area contributed by atoms with Crippen LogP contribution in [0.3, 0.4) is 0 Å². The van der Waals surface area contributed by atoms with E-state index < -0.39 is 5.56 Å². The summed E-state index contributed by atoms with van der Waals surface area (Å²) in [6, 6.07) is 10.2. The Kier molecular flexibility index (Phi) is 5.18. The summed E-state index contributed by atoms with van der Waals surface area (Å²) in [5, 5.41) is 7.87. The van der Waals surface area contributed by atoms with Gasteiger partial charge in [0, 0.05) is 13.1 Å². The van der Waals surface area contributed by atoms with Gasteiger partial charge in [0.05, 0.1) is 5.75 Å². The van der Waals surface area contributed by atoms with Gasteiger partial charge in [-0.1, -0.05) is 48.2 Å². The molecule has 25 heavy (non-hydrogen) atoms. The highest BCUT2D eigenvalue weighted by Crippen LogP contribution is 2.22. The second kappa shape index (κ2) is 7.52. The molecule has 1 aliphatic heterocycles. The van der Waals surface area contributed by atoms with Gasteiger partial charge in [-0.25, -0.2) is 0 Å². The number of carbonyl (C=O) groups is 1. The summed E-state index contributed by atoms with van der Waals surface area (Å²) < 4.78 is 0.934. The van der Waals surface area contributed by atoms with E-state index in [0.29, 0.717) is 13.1 Å². The Morgan fingerprint density at radius 2 is 2.04 bits per heavy atom. The fourth-order valence-electron chi connectivity index (χ4n) is 2.60. The number of nitrogens with zero attached hydrogens (tertiary/aromatic N) is 4. The van der Waals surface area contributed by atoms with Crippen LogP contribution in [0.15, 0.2) is 46.4 Å². The first-order chi connectivity index (χ1) is 12.1. The van der Waals surface area contributed by atoms with Crippen LogP contribution in [0.2, 0.25) is 0 Å². The fraction of sp³-hybridized carbons (Fsp3) is 0.294. The van der Waals surface area contributed by atoms with E-state index in [1.165, 1.54) is 11.1 Å². The van der Waals surface area contributed by atoms with E-state index in [4.69, 9.17) is 5.84 Å². The quantitative estimate of drug-likeness (QED) is 0.650. The van der Waals surface area contributed by atoms with Gasteiger partial charge in [-0.3, -0.25) is 9.59 Å².